The minimum absolute atomic E-state index is 0.142. The van der Waals surface area contributed by atoms with Crippen molar-refractivity contribution in [2.45, 2.75) is 24.7 Å². The van der Waals surface area contributed by atoms with Crippen molar-refractivity contribution in [2.24, 2.45) is 0 Å². The predicted molar refractivity (Wildman–Crippen MR) is 65.4 cm³/mol. The van der Waals surface area contributed by atoms with Crippen molar-refractivity contribution in [1.82, 2.24) is 4.98 Å². The number of aliphatic carboxylic acids is 1. The van der Waals surface area contributed by atoms with Crippen molar-refractivity contribution in [3.63, 3.8) is 0 Å². The normalized spacial score (nSPS) is 24.4. The van der Waals surface area contributed by atoms with E-state index in [1.165, 1.54) is 12.1 Å². The van der Waals surface area contributed by atoms with Gasteiger partial charge in [0, 0.05) is 17.5 Å². The third-order valence-electron chi connectivity index (χ3n) is 3.67. The summed E-state index contributed by atoms with van der Waals surface area (Å²) in [7, 11) is 0. The minimum atomic E-state index is -3.18. The molecule has 5 heteroatoms. The van der Waals surface area contributed by atoms with E-state index in [-0.39, 0.29) is 5.56 Å². The first-order valence-corrected chi connectivity index (χ1v) is 5.86. The van der Waals surface area contributed by atoms with Gasteiger partial charge in [0.05, 0.1) is 5.52 Å². The maximum absolute atomic E-state index is 13.5. The van der Waals surface area contributed by atoms with Gasteiger partial charge in [-0.2, -0.15) is 0 Å². The van der Waals surface area contributed by atoms with Crippen molar-refractivity contribution >= 4 is 16.9 Å². The van der Waals surface area contributed by atoms with Crippen molar-refractivity contribution in [2.75, 3.05) is 0 Å². The fraction of sp³-hybridized carbons (Fsp3) is 0.286. The summed E-state index contributed by atoms with van der Waals surface area (Å²) >= 11 is 0. The van der Waals surface area contributed by atoms with E-state index in [0.717, 1.165) is 5.69 Å². The van der Waals surface area contributed by atoms with E-state index in [1.807, 2.05) is 6.92 Å². The number of pyridine rings is 1. The maximum Gasteiger partial charge on any atom is 0.320 e. The number of fused-ring (bicyclic) bond motifs is 1. The lowest BCUT2D eigenvalue weighted by Crippen LogP contribution is -2.27. The van der Waals surface area contributed by atoms with Crippen LogP contribution in [0.2, 0.25) is 0 Å². The van der Waals surface area contributed by atoms with E-state index in [0.29, 0.717) is 10.9 Å². The number of benzene rings is 1. The van der Waals surface area contributed by atoms with E-state index in [4.69, 9.17) is 5.11 Å². The Kier molecular flexibility index (Phi) is 2.21. The molecule has 1 aliphatic rings. The second-order valence-electron chi connectivity index (χ2n) is 4.95. The molecule has 1 N–H and O–H groups in total. The Morgan fingerprint density at radius 3 is 2.58 bits per heavy atom. The van der Waals surface area contributed by atoms with Crippen LogP contribution in [0.15, 0.2) is 30.3 Å². The number of halogens is 2. The van der Waals surface area contributed by atoms with Gasteiger partial charge in [0.1, 0.15) is 0 Å². The van der Waals surface area contributed by atoms with Gasteiger partial charge in [-0.25, -0.2) is 8.78 Å². The maximum atomic E-state index is 13.5. The summed E-state index contributed by atoms with van der Waals surface area (Å²) in [5, 5.41) is 9.79. The van der Waals surface area contributed by atoms with Crippen molar-refractivity contribution in [1.29, 1.82) is 0 Å². The van der Waals surface area contributed by atoms with Crippen LogP contribution < -0.4 is 0 Å². The number of aromatic nitrogens is 1. The minimum Gasteiger partial charge on any atom is -0.480 e. The molecule has 1 fully saturated rings. The summed E-state index contributed by atoms with van der Waals surface area (Å²) in [6.45, 7) is 1.83. The molecule has 0 bridgehead atoms. The van der Waals surface area contributed by atoms with Gasteiger partial charge in [-0.3, -0.25) is 9.78 Å². The number of aryl methyl sites for hydroxylation is 1. The quantitative estimate of drug-likeness (QED) is 0.906. The third kappa shape index (κ3) is 1.54. The molecule has 98 valence electrons. The molecule has 1 saturated carbocycles. The summed E-state index contributed by atoms with van der Waals surface area (Å²) < 4.78 is 26.9. The molecule has 1 unspecified atom stereocenters. The fourth-order valence-corrected chi connectivity index (χ4v) is 2.45. The van der Waals surface area contributed by atoms with E-state index < -0.39 is 23.7 Å². The monoisotopic (exact) mass is 263 g/mol. The molecule has 0 spiro atoms. The van der Waals surface area contributed by atoms with Gasteiger partial charge in [-0.05, 0) is 30.7 Å². The van der Waals surface area contributed by atoms with Crippen molar-refractivity contribution in [3.05, 3.63) is 41.6 Å². The standard InChI is InChI=1S/C14H11F2NO2/c1-8-2-3-9-6-10(4-5-11(9)17-8)13(12(18)19)7-14(13,15)16/h2-6H,7H2,1H3,(H,18,19). The average Bonchev–Trinajstić information content (AvgIpc) is 2.93. The Bertz CT molecular complexity index is 699. The van der Waals surface area contributed by atoms with Gasteiger partial charge in [-0.1, -0.05) is 12.1 Å². The number of rotatable bonds is 2. The highest BCUT2D eigenvalue weighted by Crippen LogP contribution is 2.61. The van der Waals surface area contributed by atoms with E-state index in [1.54, 1.807) is 18.2 Å². The second kappa shape index (κ2) is 3.50. The lowest BCUT2D eigenvalue weighted by molar-refractivity contribution is -0.142. The van der Waals surface area contributed by atoms with Crippen LogP contribution in [0.25, 0.3) is 10.9 Å². The number of nitrogens with zero attached hydrogens (tertiary/aromatic N) is 1. The second-order valence-corrected chi connectivity index (χ2v) is 4.95. The van der Waals surface area contributed by atoms with Crippen LogP contribution in [-0.4, -0.2) is 22.0 Å². The Labute approximate surface area is 107 Å². The number of carboxylic acids is 1. The molecule has 0 saturated heterocycles. The predicted octanol–water partition coefficient (Wildman–Crippen LogP) is 2.90. The van der Waals surface area contributed by atoms with E-state index in [2.05, 4.69) is 4.98 Å². The molecule has 0 radical (unpaired) electrons. The number of carbonyl (C=O) groups is 1. The highest BCUT2D eigenvalue weighted by Gasteiger charge is 2.77. The van der Waals surface area contributed by atoms with Crippen LogP contribution in [0.3, 0.4) is 0 Å². The van der Waals surface area contributed by atoms with Crippen LogP contribution in [-0.2, 0) is 10.2 Å². The van der Waals surface area contributed by atoms with Gasteiger partial charge < -0.3 is 5.11 Å². The molecule has 1 aromatic carbocycles. The summed E-state index contributed by atoms with van der Waals surface area (Å²) in [4.78, 5) is 15.5. The van der Waals surface area contributed by atoms with Gasteiger partial charge in [0.25, 0.3) is 5.92 Å². The van der Waals surface area contributed by atoms with Gasteiger partial charge in [-0.15, -0.1) is 0 Å². The zero-order valence-electron chi connectivity index (χ0n) is 10.2. The zero-order chi connectivity index (χ0) is 13.8. The summed E-state index contributed by atoms with van der Waals surface area (Å²) in [6.07, 6.45) is -0.639. The SMILES string of the molecule is Cc1ccc2cc(C3(C(=O)O)CC3(F)F)ccc2n1. The molecule has 19 heavy (non-hydrogen) atoms. The number of hydrogen-bond donors (Lipinski definition) is 1. The molecule has 1 atom stereocenters. The number of hydrogen-bond acceptors (Lipinski definition) is 2. The van der Waals surface area contributed by atoms with Gasteiger partial charge in [0.2, 0.25) is 0 Å². The average molecular weight is 263 g/mol. The van der Waals surface area contributed by atoms with E-state index in [9.17, 15) is 13.6 Å². The molecule has 0 amide bonds. The van der Waals surface area contributed by atoms with Crippen molar-refractivity contribution in [3.8, 4) is 0 Å². The first-order chi connectivity index (χ1) is 8.87. The summed E-state index contributed by atoms with van der Waals surface area (Å²) in [5.41, 5.74) is -0.423. The number of carboxylic acid groups (broad SMARTS) is 1. The fourth-order valence-electron chi connectivity index (χ4n) is 2.45. The molecular formula is C14H11F2NO2. The lowest BCUT2D eigenvalue weighted by Gasteiger charge is -2.12. The lowest BCUT2D eigenvalue weighted by atomic mass is 9.94. The largest absolute Gasteiger partial charge is 0.480 e. The number of alkyl halides is 2. The Morgan fingerprint density at radius 1 is 1.32 bits per heavy atom. The highest BCUT2D eigenvalue weighted by molar-refractivity contribution is 5.90. The Hall–Kier alpha value is -2.04. The molecule has 3 nitrogen and oxygen atoms in total. The van der Waals surface area contributed by atoms with Crippen LogP contribution >= 0.6 is 0 Å². The Balaban J connectivity index is 2.17. The molecular weight excluding hydrogens is 252 g/mol. The third-order valence-corrected chi connectivity index (χ3v) is 3.67. The van der Waals surface area contributed by atoms with E-state index >= 15 is 0 Å². The van der Waals surface area contributed by atoms with Gasteiger partial charge in [0.15, 0.2) is 5.41 Å². The first kappa shape index (κ1) is 12.0. The smallest absolute Gasteiger partial charge is 0.320 e. The molecule has 1 aromatic heterocycles. The molecule has 1 aliphatic carbocycles. The van der Waals surface area contributed by atoms with Crippen LogP contribution in [0, 0.1) is 6.92 Å². The summed E-state index contributed by atoms with van der Waals surface area (Å²) in [5.74, 6) is -4.65. The van der Waals surface area contributed by atoms with Crippen LogP contribution in [0.4, 0.5) is 8.78 Å². The molecule has 0 aliphatic heterocycles. The Morgan fingerprint density at radius 2 is 2.00 bits per heavy atom. The molecule has 1 heterocycles. The van der Waals surface area contributed by atoms with Crippen LogP contribution in [0.5, 0.6) is 0 Å². The van der Waals surface area contributed by atoms with Crippen LogP contribution in [0.1, 0.15) is 17.7 Å². The first-order valence-electron chi connectivity index (χ1n) is 5.86. The molecule has 2 aromatic rings. The topological polar surface area (TPSA) is 50.2 Å². The van der Waals surface area contributed by atoms with Crippen molar-refractivity contribution < 1.29 is 18.7 Å². The van der Waals surface area contributed by atoms with Gasteiger partial charge >= 0.3 is 5.97 Å². The highest BCUT2D eigenvalue weighted by atomic mass is 19.3. The zero-order valence-corrected chi connectivity index (χ0v) is 10.2. The summed E-state index contributed by atoms with van der Waals surface area (Å²) in [6, 6.07) is 8.05. The molecule has 3 rings (SSSR count).